The van der Waals surface area contributed by atoms with Gasteiger partial charge in [-0.25, -0.2) is 4.98 Å². The van der Waals surface area contributed by atoms with Crippen LogP contribution in [0.1, 0.15) is 0 Å². The summed E-state index contributed by atoms with van der Waals surface area (Å²) in [4.78, 5) is 7.19. The second-order valence-corrected chi connectivity index (χ2v) is 15.2. The number of para-hydroxylation sites is 2. The van der Waals surface area contributed by atoms with Crippen molar-refractivity contribution in [3.63, 3.8) is 0 Å². The van der Waals surface area contributed by atoms with Gasteiger partial charge < -0.3 is 18.3 Å². The molecule has 12 rings (SSSR count). The van der Waals surface area contributed by atoms with Crippen LogP contribution in [0.2, 0.25) is 0 Å². The van der Waals surface area contributed by atoms with Crippen molar-refractivity contribution in [1.82, 2.24) is 9.55 Å². The van der Waals surface area contributed by atoms with E-state index in [0.29, 0.717) is 11.5 Å². The lowest BCUT2D eigenvalue weighted by atomic mass is 10.0. The zero-order chi connectivity index (χ0) is 39.6. The van der Waals surface area contributed by atoms with Crippen molar-refractivity contribution in [1.29, 1.82) is 0 Å². The molecule has 0 aliphatic carbocycles. The predicted molar refractivity (Wildman–Crippen MR) is 247 cm³/mol. The molecule has 0 fully saturated rings. The average Bonchev–Trinajstić information content (AvgIpc) is 4.01. The van der Waals surface area contributed by atoms with Crippen LogP contribution in [0.25, 0.3) is 94.2 Å². The van der Waals surface area contributed by atoms with Crippen LogP contribution in [0, 0.1) is 0 Å². The number of rotatable bonds is 7. The lowest BCUT2D eigenvalue weighted by Gasteiger charge is -2.27. The van der Waals surface area contributed by atoms with E-state index < -0.39 is 0 Å². The Kier molecular flexibility index (Phi) is 7.78. The fourth-order valence-electron chi connectivity index (χ4n) is 8.79. The van der Waals surface area contributed by atoms with Crippen molar-refractivity contribution >= 4 is 71.9 Å². The molecule has 0 N–H and O–H groups in total. The molecule has 12 aromatic rings. The van der Waals surface area contributed by atoms with Crippen LogP contribution in [0.15, 0.2) is 221 Å². The van der Waals surface area contributed by atoms with E-state index in [1.807, 2.05) is 36.4 Å². The number of anilines is 3. The Balaban J connectivity index is 0.963. The van der Waals surface area contributed by atoms with Crippen molar-refractivity contribution in [3.05, 3.63) is 212 Å². The first-order chi connectivity index (χ1) is 29.7. The van der Waals surface area contributed by atoms with Gasteiger partial charge in [-0.15, -0.1) is 0 Å². The molecular formula is C55H35N3O2. The molecule has 0 aliphatic heterocycles. The number of hydrogen-bond acceptors (Lipinski definition) is 4. The molecule has 0 saturated heterocycles. The molecule has 3 heterocycles. The highest BCUT2D eigenvalue weighted by Gasteiger charge is 2.21. The maximum absolute atomic E-state index is 6.47. The van der Waals surface area contributed by atoms with Crippen molar-refractivity contribution < 1.29 is 8.83 Å². The second-order valence-electron chi connectivity index (χ2n) is 15.2. The summed E-state index contributed by atoms with van der Waals surface area (Å²) in [5, 5.41) is 4.46. The van der Waals surface area contributed by atoms with Gasteiger partial charge in [-0.05, 0) is 107 Å². The average molecular weight is 770 g/mol. The van der Waals surface area contributed by atoms with Gasteiger partial charge in [0.05, 0.1) is 16.7 Å². The first-order valence-corrected chi connectivity index (χ1v) is 20.2. The standard InChI is InChI=1S/C55H35N3O2/c1-4-13-36(14-5-1)37-23-28-42(29-24-37)57(49-21-12-22-50-54(49)45-19-10-11-20-48(45)58(50)41-17-8-3-9-18-41)43-30-25-38(26-31-43)40-27-32-44-46-34-47-53(35-52(46)59-51(44)33-40)60-55(56-47)39-15-6-2-7-16-39/h1-35H. The lowest BCUT2D eigenvalue weighted by Crippen LogP contribution is -2.10. The molecule has 3 aromatic heterocycles. The number of oxazole rings is 1. The number of aromatic nitrogens is 2. The van der Waals surface area contributed by atoms with Crippen molar-refractivity contribution in [2.75, 3.05) is 4.90 Å². The fraction of sp³-hybridized carbons (Fsp3) is 0. The van der Waals surface area contributed by atoms with Crippen LogP contribution in [0.3, 0.4) is 0 Å². The Hall–Kier alpha value is -8.15. The number of nitrogens with zero attached hydrogens (tertiary/aromatic N) is 3. The topological polar surface area (TPSA) is 47.3 Å². The highest BCUT2D eigenvalue weighted by molar-refractivity contribution is 6.16. The van der Waals surface area contributed by atoms with E-state index in [2.05, 4.69) is 185 Å². The van der Waals surface area contributed by atoms with E-state index in [0.717, 1.165) is 72.4 Å². The number of furan rings is 1. The van der Waals surface area contributed by atoms with E-state index in [9.17, 15) is 0 Å². The van der Waals surface area contributed by atoms with E-state index in [1.54, 1.807) is 0 Å². The molecule has 5 nitrogen and oxygen atoms in total. The molecule has 0 aliphatic rings. The van der Waals surface area contributed by atoms with E-state index in [1.165, 1.54) is 27.4 Å². The summed E-state index contributed by atoms with van der Waals surface area (Å²) in [5.41, 5.74) is 15.3. The zero-order valence-corrected chi connectivity index (χ0v) is 32.4. The van der Waals surface area contributed by atoms with Gasteiger partial charge in [-0.3, -0.25) is 0 Å². The van der Waals surface area contributed by atoms with Gasteiger partial charge in [0.25, 0.3) is 0 Å². The van der Waals surface area contributed by atoms with Gasteiger partial charge in [0, 0.05) is 50.2 Å². The quantitative estimate of drug-likeness (QED) is 0.162. The SMILES string of the molecule is c1ccc(-c2ccc(N(c3ccc(-c4ccc5c(c4)oc4cc6oc(-c7ccccc7)nc6cc45)cc3)c3cccc4c3c3ccccc3n4-c3ccccc3)cc2)cc1. The first kappa shape index (κ1) is 33.9. The van der Waals surface area contributed by atoms with Crippen molar-refractivity contribution in [3.8, 4) is 39.4 Å². The highest BCUT2D eigenvalue weighted by atomic mass is 16.4. The Morgan fingerprint density at radius 2 is 0.967 bits per heavy atom. The van der Waals surface area contributed by atoms with Gasteiger partial charge in [-0.1, -0.05) is 121 Å². The Morgan fingerprint density at radius 1 is 0.383 bits per heavy atom. The molecule has 0 atom stereocenters. The molecule has 0 amide bonds. The highest BCUT2D eigenvalue weighted by Crippen LogP contribution is 2.45. The summed E-state index contributed by atoms with van der Waals surface area (Å²) < 4.78 is 15.0. The van der Waals surface area contributed by atoms with Crippen LogP contribution < -0.4 is 4.90 Å². The predicted octanol–water partition coefficient (Wildman–Crippen LogP) is 15.3. The first-order valence-electron chi connectivity index (χ1n) is 20.2. The molecular weight excluding hydrogens is 735 g/mol. The van der Waals surface area contributed by atoms with E-state index in [-0.39, 0.29) is 0 Å². The van der Waals surface area contributed by atoms with E-state index >= 15 is 0 Å². The molecule has 0 radical (unpaired) electrons. The molecule has 60 heavy (non-hydrogen) atoms. The number of hydrogen-bond donors (Lipinski definition) is 0. The molecule has 0 saturated carbocycles. The summed E-state index contributed by atoms with van der Waals surface area (Å²) in [5.74, 6) is 0.603. The monoisotopic (exact) mass is 769 g/mol. The number of fused-ring (bicyclic) bond motifs is 7. The molecule has 5 heteroatoms. The minimum atomic E-state index is 0.603. The van der Waals surface area contributed by atoms with E-state index in [4.69, 9.17) is 13.8 Å². The minimum absolute atomic E-state index is 0.603. The second kappa shape index (κ2) is 13.8. The molecule has 0 spiro atoms. The van der Waals surface area contributed by atoms with Crippen LogP contribution in [-0.2, 0) is 0 Å². The lowest BCUT2D eigenvalue weighted by molar-refractivity contribution is 0.617. The fourth-order valence-corrected chi connectivity index (χ4v) is 8.79. The molecule has 9 aromatic carbocycles. The molecule has 282 valence electrons. The third-order valence-corrected chi connectivity index (χ3v) is 11.6. The van der Waals surface area contributed by atoms with Crippen LogP contribution in [0.5, 0.6) is 0 Å². The van der Waals surface area contributed by atoms with Gasteiger partial charge >= 0.3 is 0 Å². The summed E-state index contributed by atoms with van der Waals surface area (Å²) >= 11 is 0. The summed E-state index contributed by atoms with van der Waals surface area (Å²) in [6.45, 7) is 0. The third kappa shape index (κ3) is 5.59. The molecule has 0 unspecified atom stereocenters. The summed E-state index contributed by atoms with van der Waals surface area (Å²) in [7, 11) is 0. The Morgan fingerprint density at radius 3 is 1.70 bits per heavy atom. The maximum atomic E-state index is 6.47. The van der Waals surface area contributed by atoms with Crippen molar-refractivity contribution in [2.24, 2.45) is 0 Å². The summed E-state index contributed by atoms with van der Waals surface area (Å²) in [6, 6.07) is 74.8. The summed E-state index contributed by atoms with van der Waals surface area (Å²) in [6.07, 6.45) is 0. The minimum Gasteiger partial charge on any atom is -0.456 e. The van der Waals surface area contributed by atoms with Gasteiger partial charge in [0.2, 0.25) is 5.89 Å². The van der Waals surface area contributed by atoms with Crippen LogP contribution in [-0.4, -0.2) is 9.55 Å². The van der Waals surface area contributed by atoms with Gasteiger partial charge in [0.1, 0.15) is 16.7 Å². The third-order valence-electron chi connectivity index (χ3n) is 11.6. The smallest absolute Gasteiger partial charge is 0.227 e. The Labute approximate surface area is 345 Å². The zero-order valence-electron chi connectivity index (χ0n) is 32.4. The largest absolute Gasteiger partial charge is 0.456 e. The maximum Gasteiger partial charge on any atom is 0.227 e. The Bertz CT molecular complexity index is 3510. The van der Waals surface area contributed by atoms with Crippen LogP contribution >= 0.6 is 0 Å². The van der Waals surface area contributed by atoms with Crippen molar-refractivity contribution in [2.45, 2.75) is 0 Å². The van der Waals surface area contributed by atoms with Crippen LogP contribution in [0.4, 0.5) is 17.1 Å². The molecule has 0 bridgehead atoms. The normalized spacial score (nSPS) is 11.7. The number of benzene rings is 9. The van der Waals surface area contributed by atoms with Gasteiger partial charge in [0.15, 0.2) is 5.58 Å². The van der Waals surface area contributed by atoms with Gasteiger partial charge in [-0.2, -0.15) is 0 Å².